The lowest BCUT2D eigenvalue weighted by Gasteiger charge is -2.38. The number of hydrogen-bond acceptors (Lipinski definition) is 6. The molecule has 2 aromatic carbocycles. The van der Waals surface area contributed by atoms with Gasteiger partial charge in [-0.2, -0.15) is 0 Å². The molecule has 7 nitrogen and oxygen atoms in total. The van der Waals surface area contributed by atoms with E-state index in [0.717, 1.165) is 10.2 Å². The van der Waals surface area contributed by atoms with Crippen molar-refractivity contribution in [1.82, 2.24) is 9.88 Å². The monoisotopic (exact) mass is 397 g/mol. The summed E-state index contributed by atoms with van der Waals surface area (Å²) in [4.78, 5) is 29.5. The highest BCUT2D eigenvalue weighted by Gasteiger charge is 2.29. The van der Waals surface area contributed by atoms with E-state index in [2.05, 4.69) is 10.3 Å². The number of thiazole rings is 1. The van der Waals surface area contributed by atoms with Crippen molar-refractivity contribution in [2.45, 2.75) is 13.0 Å². The van der Waals surface area contributed by atoms with E-state index in [-0.39, 0.29) is 30.3 Å². The van der Waals surface area contributed by atoms with E-state index < -0.39 is 0 Å². The molecule has 0 atom stereocenters. The van der Waals surface area contributed by atoms with E-state index in [9.17, 15) is 14.7 Å². The quantitative estimate of drug-likeness (QED) is 0.646. The molecular formula is C20H19N3O4S. The van der Waals surface area contributed by atoms with E-state index in [0.29, 0.717) is 29.3 Å². The minimum Gasteiger partial charge on any atom is -0.507 e. The Morgan fingerprint density at radius 1 is 1.29 bits per heavy atom. The normalized spacial score (nSPS) is 14.1. The maximum Gasteiger partial charge on any atom is 0.250 e. The SMILES string of the molecule is CC(=O)N1CC(OCC(=O)Nc2ccc(O)c(-c3nc4ccccc4s3)c2)C1. The highest BCUT2D eigenvalue weighted by molar-refractivity contribution is 7.21. The highest BCUT2D eigenvalue weighted by atomic mass is 32.1. The number of amides is 2. The summed E-state index contributed by atoms with van der Waals surface area (Å²) < 4.78 is 6.53. The van der Waals surface area contributed by atoms with Crippen LogP contribution in [-0.4, -0.2) is 52.6 Å². The molecule has 1 aromatic heterocycles. The Morgan fingerprint density at radius 2 is 2.07 bits per heavy atom. The first-order chi connectivity index (χ1) is 13.5. The van der Waals surface area contributed by atoms with E-state index in [1.165, 1.54) is 24.3 Å². The number of phenolic OH excluding ortho intramolecular Hbond substituents is 1. The van der Waals surface area contributed by atoms with Crippen molar-refractivity contribution in [3.8, 4) is 16.3 Å². The van der Waals surface area contributed by atoms with Gasteiger partial charge in [-0.25, -0.2) is 4.98 Å². The zero-order valence-corrected chi connectivity index (χ0v) is 16.0. The summed E-state index contributed by atoms with van der Waals surface area (Å²) in [5.41, 5.74) is 1.99. The number of nitrogens with zero attached hydrogens (tertiary/aromatic N) is 2. The Bertz CT molecular complexity index is 1010. The summed E-state index contributed by atoms with van der Waals surface area (Å²) >= 11 is 1.48. The van der Waals surface area contributed by atoms with Gasteiger partial charge in [0, 0.05) is 25.7 Å². The molecule has 0 spiro atoms. The molecule has 2 amide bonds. The van der Waals surface area contributed by atoms with Crippen LogP contribution in [0.1, 0.15) is 6.92 Å². The summed E-state index contributed by atoms with van der Waals surface area (Å²) in [6, 6.07) is 12.6. The molecule has 8 heteroatoms. The maximum atomic E-state index is 12.2. The highest BCUT2D eigenvalue weighted by Crippen LogP contribution is 2.36. The topological polar surface area (TPSA) is 91.8 Å². The van der Waals surface area contributed by atoms with E-state index in [4.69, 9.17) is 4.74 Å². The van der Waals surface area contributed by atoms with Gasteiger partial charge in [-0.05, 0) is 30.3 Å². The van der Waals surface area contributed by atoms with Gasteiger partial charge in [0.05, 0.1) is 21.9 Å². The van der Waals surface area contributed by atoms with Gasteiger partial charge in [0.2, 0.25) is 11.8 Å². The summed E-state index contributed by atoms with van der Waals surface area (Å²) in [5, 5.41) is 13.7. The number of benzene rings is 2. The second-order valence-electron chi connectivity index (χ2n) is 6.62. The zero-order valence-electron chi connectivity index (χ0n) is 15.2. The summed E-state index contributed by atoms with van der Waals surface area (Å²) in [5.74, 6) is -0.176. The molecule has 0 radical (unpaired) electrons. The Labute approximate surface area is 165 Å². The van der Waals surface area contributed by atoms with Gasteiger partial charge in [-0.1, -0.05) is 12.1 Å². The van der Waals surface area contributed by atoms with E-state index >= 15 is 0 Å². The molecule has 2 heterocycles. The Morgan fingerprint density at radius 3 is 2.82 bits per heavy atom. The van der Waals surface area contributed by atoms with Crippen molar-refractivity contribution in [1.29, 1.82) is 0 Å². The number of nitrogens with one attached hydrogen (secondary N) is 1. The molecule has 3 aromatic rings. The third kappa shape index (κ3) is 3.83. The number of rotatable bonds is 5. The maximum absolute atomic E-state index is 12.2. The Kier molecular flexibility index (Phi) is 4.97. The first kappa shape index (κ1) is 18.4. The van der Waals surface area contributed by atoms with E-state index in [1.54, 1.807) is 17.0 Å². The molecule has 1 fully saturated rings. The number of likely N-dealkylation sites (tertiary alicyclic amines) is 1. The lowest BCUT2D eigenvalue weighted by Crippen LogP contribution is -2.54. The summed E-state index contributed by atoms with van der Waals surface area (Å²) in [7, 11) is 0. The molecule has 1 saturated heterocycles. The predicted octanol–water partition coefficient (Wildman–Crippen LogP) is 2.85. The van der Waals surface area contributed by atoms with Crippen LogP contribution in [0.5, 0.6) is 5.75 Å². The molecule has 0 bridgehead atoms. The van der Waals surface area contributed by atoms with Crippen LogP contribution >= 0.6 is 11.3 Å². The molecule has 144 valence electrons. The standard InChI is InChI=1S/C20H19N3O4S/c1-12(24)23-9-14(10-23)27-11-19(26)21-13-6-7-17(25)15(8-13)20-22-16-4-2-3-5-18(16)28-20/h2-8,14,25H,9-11H2,1H3,(H,21,26). The number of aromatic hydroxyl groups is 1. The number of carbonyl (C=O) groups excluding carboxylic acids is 2. The van der Waals surface area contributed by atoms with Gasteiger partial charge in [0.15, 0.2) is 0 Å². The van der Waals surface area contributed by atoms with Crippen LogP contribution in [0, 0.1) is 0 Å². The van der Waals surface area contributed by atoms with Crippen molar-refractivity contribution in [2.24, 2.45) is 0 Å². The van der Waals surface area contributed by atoms with E-state index in [1.807, 2.05) is 24.3 Å². The molecule has 0 aliphatic carbocycles. The van der Waals surface area contributed by atoms with Crippen LogP contribution in [0.4, 0.5) is 5.69 Å². The molecule has 4 rings (SSSR count). The third-order valence-electron chi connectivity index (χ3n) is 4.55. The van der Waals surface area contributed by atoms with Crippen LogP contribution < -0.4 is 5.32 Å². The number of fused-ring (bicyclic) bond motifs is 1. The molecule has 0 unspecified atom stereocenters. The van der Waals surface area contributed by atoms with Crippen LogP contribution in [0.2, 0.25) is 0 Å². The number of para-hydroxylation sites is 1. The minimum atomic E-state index is -0.290. The number of anilines is 1. The fourth-order valence-corrected chi connectivity index (χ4v) is 3.95. The third-order valence-corrected chi connectivity index (χ3v) is 5.62. The van der Waals surface area contributed by atoms with Crippen LogP contribution in [0.15, 0.2) is 42.5 Å². The molecule has 1 aliphatic rings. The summed E-state index contributed by atoms with van der Waals surface area (Å²) in [6.45, 7) is 2.46. The molecule has 28 heavy (non-hydrogen) atoms. The number of carbonyl (C=O) groups is 2. The van der Waals surface area contributed by atoms with Gasteiger partial charge >= 0.3 is 0 Å². The lowest BCUT2D eigenvalue weighted by atomic mass is 10.1. The van der Waals surface area contributed by atoms with Crippen LogP contribution in [0.25, 0.3) is 20.8 Å². The van der Waals surface area contributed by atoms with Gasteiger partial charge in [-0.3, -0.25) is 9.59 Å². The average molecular weight is 397 g/mol. The number of phenols is 1. The average Bonchev–Trinajstić information content (AvgIpc) is 3.05. The van der Waals surface area contributed by atoms with Crippen molar-refractivity contribution >= 4 is 39.1 Å². The molecule has 1 aliphatic heterocycles. The van der Waals surface area contributed by atoms with Crippen molar-refractivity contribution in [3.05, 3.63) is 42.5 Å². The fraction of sp³-hybridized carbons (Fsp3) is 0.250. The number of hydrogen-bond donors (Lipinski definition) is 2. The second kappa shape index (κ2) is 7.57. The predicted molar refractivity (Wildman–Crippen MR) is 107 cm³/mol. The fourth-order valence-electron chi connectivity index (χ4n) is 2.96. The molecule has 0 saturated carbocycles. The van der Waals surface area contributed by atoms with Gasteiger partial charge in [0.25, 0.3) is 0 Å². The Hall–Kier alpha value is -2.97. The summed E-state index contributed by atoms with van der Waals surface area (Å²) in [6.07, 6.45) is -0.104. The molecule has 2 N–H and O–H groups in total. The minimum absolute atomic E-state index is 0.00997. The van der Waals surface area contributed by atoms with Crippen LogP contribution in [0.3, 0.4) is 0 Å². The smallest absolute Gasteiger partial charge is 0.250 e. The first-order valence-electron chi connectivity index (χ1n) is 8.85. The molecular weight excluding hydrogens is 378 g/mol. The Balaban J connectivity index is 1.41. The van der Waals surface area contributed by atoms with Gasteiger partial charge < -0.3 is 20.1 Å². The second-order valence-corrected chi connectivity index (χ2v) is 7.65. The van der Waals surface area contributed by atoms with Crippen molar-refractivity contribution in [2.75, 3.05) is 25.0 Å². The lowest BCUT2D eigenvalue weighted by molar-refractivity contribution is -0.144. The van der Waals surface area contributed by atoms with Gasteiger partial charge in [0.1, 0.15) is 17.4 Å². The zero-order chi connectivity index (χ0) is 19.7. The van der Waals surface area contributed by atoms with Crippen molar-refractivity contribution < 1.29 is 19.4 Å². The van der Waals surface area contributed by atoms with Gasteiger partial charge in [-0.15, -0.1) is 11.3 Å². The number of aromatic nitrogens is 1. The van der Waals surface area contributed by atoms with Crippen molar-refractivity contribution in [3.63, 3.8) is 0 Å². The first-order valence-corrected chi connectivity index (χ1v) is 9.67. The number of ether oxygens (including phenoxy) is 1. The van der Waals surface area contributed by atoms with Crippen LogP contribution in [-0.2, 0) is 14.3 Å². The largest absolute Gasteiger partial charge is 0.507 e.